The van der Waals surface area contributed by atoms with E-state index < -0.39 is 0 Å². The molecule has 0 unspecified atom stereocenters. The molecule has 0 radical (unpaired) electrons. The van der Waals surface area contributed by atoms with E-state index in [1.54, 1.807) is 20.5 Å². The van der Waals surface area contributed by atoms with Crippen molar-refractivity contribution in [3.63, 3.8) is 0 Å². The molecular formula is C21H23N7O2. The minimum Gasteiger partial charge on any atom is -0.337 e. The number of amides is 2. The Labute approximate surface area is 173 Å². The third kappa shape index (κ3) is 3.26. The van der Waals surface area contributed by atoms with Gasteiger partial charge in [0.25, 0.3) is 5.91 Å². The van der Waals surface area contributed by atoms with Gasteiger partial charge in [0, 0.05) is 26.1 Å². The predicted octanol–water partition coefficient (Wildman–Crippen LogP) is 1.59. The molecule has 2 aliphatic heterocycles. The van der Waals surface area contributed by atoms with Gasteiger partial charge >= 0.3 is 0 Å². The molecule has 0 spiro atoms. The topological polar surface area (TPSA) is 89.2 Å². The van der Waals surface area contributed by atoms with Gasteiger partial charge in [-0.05, 0) is 25.5 Å². The maximum Gasteiger partial charge on any atom is 0.257 e. The summed E-state index contributed by atoms with van der Waals surface area (Å²) in [5.74, 6) is 0.158. The minimum atomic E-state index is -0.0195. The zero-order valence-corrected chi connectivity index (χ0v) is 16.8. The molecule has 0 saturated carbocycles. The summed E-state index contributed by atoms with van der Waals surface area (Å²) < 4.78 is 3.59. The standard InChI is InChI=1S/C21H23N7O2/c1-15-19(10-22-28(15)17-6-3-2-4-7-17)21(30)26-13-18(14-26)27-12-16(23-24-27)11-25-9-5-8-20(25)29/h2-4,6-7,10,12,18H,5,8-9,11,13-14H2,1H3. The number of aromatic nitrogens is 5. The highest BCUT2D eigenvalue weighted by Crippen LogP contribution is 2.25. The molecule has 0 N–H and O–H groups in total. The van der Waals surface area contributed by atoms with Gasteiger partial charge < -0.3 is 9.80 Å². The monoisotopic (exact) mass is 405 g/mol. The van der Waals surface area contributed by atoms with Crippen LogP contribution in [-0.2, 0) is 11.3 Å². The lowest BCUT2D eigenvalue weighted by Gasteiger charge is -2.38. The van der Waals surface area contributed by atoms with E-state index in [1.807, 2.05) is 48.4 Å². The molecule has 3 aromatic rings. The molecule has 9 heteroatoms. The van der Waals surface area contributed by atoms with E-state index in [0.717, 1.165) is 30.0 Å². The number of hydrogen-bond donors (Lipinski definition) is 0. The molecule has 2 fully saturated rings. The zero-order valence-electron chi connectivity index (χ0n) is 16.8. The molecule has 2 saturated heterocycles. The molecule has 2 aliphatic rings. The van der Waals surface area contributed by atoms with E-state index in [-0.39, 0.29) is 17.9 Å². The van der Waals surface area contributed by atoms with Crippen LogP contribution in [0.1, 0.15) is 40.6 Å². The predicted molar refractivity (Wildman–Crippen MR) is 108 cm³/mol. The van der Waals surface area contributed by atoms with Crippen molar-refractivity contribution < 1.29 is 9.59 Å². The summed E-state index contributed by atoms with van der Waals surface area (Å²) in [7, 11) is 0. The lowest BCUT2D eigenvalue weighted by atomic mass is 10.1. The second kappa shape index (κ2) is 7.40. The Balaban J connectivity index is 1.22. The average Bonchev–Trinajstić information content (AvgIpc) is 3.43. The summed E-state index contributed by atoms with van der Waals surface area (Å²) in [5.41, 5.74) is 3.16. The Bertz CT molecular complexity index is 1080. The van der Waals surface area contributed by atoms with Crippen molar-refractivity contribution in [2.24, 2.45) is 0 Å². The van der Waals surface area contributed by atoms with Crippen molar-refractivity contribution in [1.82, 2.24) is 34.6 Å². The van der Waals surface area contributed by atoms with Crippen molar-refractivity contribution in [2.45, 2.75) is 32.4 Å². The van der Waals surface area contributed by atoms with Gasteiger partial charge in [-0.25, -0.2) is 9.36 Å². The SMILES string of the molecule is Cc1c(C(=O)N2CC(n3cc(CN4CCCC4=O)nn3)C2)cnn1-c1ccccc1. The van der Waals surface area contributed by atoms with Crippen molar-refractivity contribution in [1.29, 1.82) is 0 Å². The fourth-order valence-corrected chi connectivity index (χ4v) is 4.04. The van der Waals surface area contributed by atoms with Gasteiger partial charge in [-0.1, -0.05) is 23.4 Å². The fourth-order valence-electron chi connectivity index (χ4n) is 4.04. The molecule has 9 nitrogen and oxygen atoms in total. The molecule has 154 valence electrons. The van der Waals surface area contributed by atoms with Crippen molar-refractivity contribution in [2.75, 3.05) is 19.6 Å². The van der Waals surface area contributed by atoms with Crippen LogP contribution in [0.2, 0.25) is 0 Å². The van der Waals surface area contributed by atoms with Crippen LogP contribution in [0.15, 0.2) is 42.7 Å². The number of benzene rings is 1. The largest absolute Gasteiger partial charge is 0.337 e. The second-order valence-electron chi connectivity index (χ2n) is 7.86. The van der Waals surface area contributed by atoms with E-state index in [9.17, 15) is 9.59 Å². The highest BCUT2D eigenvalue weighted by atomic mass is 16.2. The van der Waals surface area contributed by atoms with Crippen LogP contribution >= 0.6 is 0 Å². The number of rotatable bonds is 5. The van der Waals surface area contributed by atoms with Gasteiger partial charge in [-0.15, -0.1) is 5.10 Å². The number of likely N-dealkylation sites (tertiary alicyclic amines) is 2. The van der Waals surface area contributed by atoms with Crippen LogP contribution in [-0.4, -0.2) is 66.0 Å². The number of hydrogen-bond acceptors (Lipinski definition) is 5. The van der Waals surface area contributed by atoms with Crippen LogP contribution in [0, 0.1) is 6.92 Å². The molecule has 1 aromatic carbocycles. The lowest BCUT2D eigenvalue weighted by Crippen LogP contribution is -2.51. The van der Waals surface area contributed by atoms with Gasteiger partial charge in [-0.2, -0.15) is 5.10 Å². The molecule has 0 atom stereocenters. The summed E-state index contributed by atoms with van der Waals surface area (Å²) in [5, 5.41) is 12.8. The molecule has 0 bridgehead atoms. The number of carbonyl (C=O) groups excluding carboxylic acids is 2. The van der Waals surface area contributed by atoms with E-state index in [0.29, 0.717) is 31.6 Å². The Morgan fingerprint density at radius 2 is 2.00 bits per heavy atom. The number of para-hydroxylation sites is 1. The van der Waals surface area contributed by atoms with Crippen LogP contribution in [0.4, 0.5) is 0 Å². The maximum atomic E-state index is 12.9. The zero-order chi connectivity index (χ0) is 20.7. The first kappa shape index (κ1) is 18.5. The molecule has 5 rings (SSSR count). The third-order valence-corrected chi connectivity index (χ3v) is 5.85. The molecule has 30 heavy (non-hydrogen) atoms. The Morgan fingerprint density at radius 1 is 1.20 bits per heavy atom. The summed E-state index contributed by atoms with van der Waals surface area (Å²) in [6.07, 6.45) is 5.05. The Morgan fingerprint density at radius 3 is 2.73 bits per heavy atom. The second-order valence-corrected chi connectivity index (χ2v) is 7.86. The van der Waals surface area contributed by atoms with Gasteiger partial charge in [0.05, 0.1) is 41.9 Å². The minimum absolute atomic E-state index is 0.0195. The van der Waals surface area contributed by atoms with Crippen LogP contribution in [0.3, 0.4) is 0 Å². The molecule has 2 amide bonds. The van der Waals surface area contributed by atoms with Gasteiger partial charge in [0.1, 0.15) is 5.69 Å². The molecule has 2 aromatic heterocycles. The van der Waals surface area contributed by atoms with Crippen LogP contribution in [0.5, 0.6) is 0 Å². The average molecular weight is 405 g/mol. The third-order valence-electron chi connectivity index (χ3n) is 5.85. The van der Waals surface area contributed by atoms with Crippen molar-refractivity contribution in [3.05, 3.63) is 59.7 Å². The van der Waals surface area contributed by atoms with Crippen LogP contribution < -0.4 is 0 Å². The molecule has 0 aliphatic carbocycles. The smallest absolute Gasteiger partial charge is 0.257 e. The number of carbonyl (C=O) groups is 2. The summed E-state index contributed by atoms with van der Waals surface area (Å²) in [6.45, 7) is 4.37. The summed E-state index contributed by atoms with van der Waals surface area (Å²) in [6, 6.07) is 9.88. The maximum absolute atomic E-state index is 12.9. The van der Waals surface area contributed by atoms with E-state index >= 15 is 0 Å². The first-order chi connectivity index (χ1) is 14.6. The van der Waals surface area contributed by atoms with Crippen LogP contribution in [0.25, 0.3) is 5.69 Å². The van der Waals surface area contributed by atoms with Gasteiger partial charge in [0.2, 0.25) is 5.91 Å². The highest BCUT2D eigenvalue weighted by molar-refractivity contribution is 5.95. The summed E-state index contributed by atoms with van der Waals surface area (Å²) >= 11 is 0. The first-order valence-electron chi connectivity index (χ1n) is 10.2. The van der Waals surface area contributed by atoms with Crippen molar-refractivity contribution in [3.8, 4) is 5.69 Å². The van der Waals surface area contributed by atoms with Gasteiger partial charge in [-0.3, -0.25) is 9.59 Å². The van der Waals surface area contributed by atoms with E-state index in [4.69, 9.17) is 0 Å². The normalized spacial score (nSPS) is 16.9. The molecule has 4 heterocycles. The van der Waals surface area contributed by atoms with Gasteiger partial charge in [0.15, 0.2) is 0 Å². The van der Waals surface area contributed by atoms with E-state index in [2.05, 4.69) is 15.4 Å². The quantitative estimate of drug-likeness (QED) is 0.643. The molecular weight excluding hydrogens is 382 g/mol. The summed E-state index contributed by atoms with van der Waals surface area (Å²) in [4.78, 5) is 28.3. The van der Waals surface area contributed by atoms with E-state index in [1.165, 1.54) is 0 Å². The first-order valence-corrected chi connectivity index (χ1v) is 10.2. The Hall–Kier alpha value is -3.49. The fraction of sp³-hybridized carbons (Fsp3) is 0.381. The number of nitrogens with zero attached hydrogens (tertiary/aromatic N) is 7. The lowest BCUT2D eigenvalue weighted by molar-refractivity contribution is -0.128. The Kier molecular flexibility index (Phi) is 4.57. The van der Waals surface area contributed by atoms with Crippen molar-refractivity contribution >= 4 is 11.8 Å². The highest BCUT2D eigenvalue weighted by Gasteiger charge is 2.35.